The highest BCUT2D eigenvalue weighted by Crippen LogP contribution is 2.21. The van der Waals surface area contributed by atoms with Crippen LogP contribution in [-0.2, 0) is 4.79 Å². The Balaban J connectivity index is 2.39. The molecular formula is C10H20N2OS. The molecule has 3 nitrogen and oxygen atoms in total. The first-order valence-corrected chi connectivity index (χ1v) is 6.46. The number of piperidine rings is 1. The first-order chi connectivity index (χ1) is 6.61. The molecule has 0 bridgehead atoms. The van der Waals surface area contributed by atoms with E-state index in [9.17, 15) is 4.79 Å². The minimum absolute atomic E-state index is 0.232. The molecule has 0 aromatic heterocycles. The van der Waals surface area contributed by atoms with Gasteiger partial charge in [-0.15, -0.1) is 0 Å². The van der Waals surface area contributed by atoms with Crippen LogP contribution in [0.5, 0.6) is 0 Å². The number of carbonyl (C=O) groups excluding carboxylic acids is 1. The van der Waals surface area contributed by atoms with Gasteiger partial charge in [0.05, 0.1) is 5.75 Å². The van der Waals surface area contributed by atoms with Crippen LogP contribution in [0.15, 0.2) is 0 Å². The van der Waals surface area contributed by atoms with E-state index < -0.39 is 0 Å². The van der Waals surface area contributed by atoms with Crippen molar-refractivity contribution < 1.29 is 4.79 Å². The van der Waals surface area contributed by atoms with Crippen LogP contribution < -0.4 is 5.32 Å². The van der Waals surface area contributed by atoms with Gasteiger partial charge in [0.25, 0.3) is 0 Å². The molecule has 0 aromatic carbocycles. The molecule has 1 fully saturated rings. The van der Waals surface area contributed by atoms with Crippen LogP contribution >= 0.6 is 11.8 Å². The van der Waals surface area contributed by atoms with Gasteiger partial charge in [-0.3, -0.25) is 4.79 Å². The molecule has 1 amide bonds. The second-order valence-electron chi connectivity index (χ2n) is 4.12. The topological polar surface area (TPSA) is 32.3 Å². The lowest BCUT2D eigenvalue weighted by molar-refractivity contribution is -0.129. The molecule has 14 heavy (non-hydrogen) atoms. The van der Waals surface area contributed by atoms with Crippen molar-refractivity contribution in [3.05, 3.63) is 0 Å². The minimum atomic E-state index is 0.232. The first-order valence-electron chi connectivity index (χ1n) is 5.07. The molecular weight excluding hydrogens is 196 g/mol. The van der Waals surface area contributed by atoms with Gasteiger partial charge in [0, 0.05) is 18.6 Å². The van der Waals surface area contributed by atoms with Crippen LogP contribution in [0.3, 0.4) is 0 Å². The van der Waals surface area contributed by atoms with Gasteiger partial charge in [-0.05, 0) is 33.1 Å². The summed E-state index contributed by atoms with van der Waals surface area (Å²) in [4.78, 5) is 13.6. The molecule has 0 spiro atoms. The third-order valence-electron chi connectivity index (χ3n) is 3.09. The summed E-state index contributed by atoms with van der Waals surface area (Å²) in [6.07, 6.45) is 4.09. The zero-order valence-corrected chi connectivity index (χ0v) is 10.1. The molecule has 82 valence electrons. The van der Waals surface area contributed by atoms with E-state index in [1.54, 1.807) is 11.8 Å². The largest absolute Gasteiger partial charge is 0.342 e. The van der Waals surface area contributed by atoms with Gasteiger partial charge in [-0.25, -0.2) is 0 Å². The molecule has 0 radical (unpaired) electrons. The van der Waals surface area contributed by atoms with Gasteiger partial charge in [-0.1, -0.05) is 0 Å². The normalized spacial score (nSPS) is 20.9. The molecule has 0 aromatic rings. The van der Waals surface area contributed by atoms with Crippen LogP contribution in [0.25, 0.3) is 0 Å². The number of amides is 1. The monoisotopic (exact) mass is 216 g/mol. The first kappa shape index (κ1) is 11.9. The highest BCUT2D eigenvalue weighted by molar-refractivity contribution is 7.99. The SMILES string of the molecule is CNC1(C)CCN(C(=O)CSC)CC1. The summed E-state index contributed by atoms with van der Waals surface area (Å²) < 4.78 is 0. The summed E-state index contributed by atoms with van der Waals surface area (Å²) in [5.74, 6) is 0.909. The summed E-state index contributed by atoms with van der Waals surface area (Å²) >= 11 is 1.60. The van der Waals surface area contributed by atoms with E-state index in [0.29, 0.717) is 5.75 Å². The molecule has 1 rings (SSSR count). The Morgan fingerprint density at radius 3 is 2.50 bits per heavy atom. The fourth-order valence-electron chi connectivity index (χ4n) is 1.71. The second kappa shape index (κ2) is 5.03. The predicted molar refractivity (Wildman–Crippen MR) is 61.7 cm³/mol. The van der Waals surface area contributed by atoms with Crippen molar-refractivity contribution in [3.63, 3.8) is 0 Å². The Morgan fingerprint density at radius 2 is 2.07 bits per heavy atom. The average molecular weight is 216 g/mol. The lowest BCUT2D eigenvalue weighted by Gasteiger charge is -2.39. The number of carbonyl (C=O) groups is 1. The molecule has 1 N–H and O–H groups in total. The smallest absolute Gasteiger partial charge is 0.232 e. The lowest BCUT2D eigenvalue weighted by atomic mass is 9.90. The maximum Gasteiger partial charge on any atom is 0.232 e. The zero-order chi connectivity index (χ0) is 10.6. The van der Waals surface area contributed by atoms with E-state index in [4.69, 9.17) is 0 Å². The summed E-state index contributed by atoms with van der Waals surface area (Å²) in [6, 6.07) is 0. The van der Waals surface area contributed by atoms with Crippen LogP contribution in [0, 0.1) is 0 Å². The highest BCUT2D eigenvalue weighted by atomic mass is 32.2. The summed E-state index contributed by atoms with van der Waals surface area (Å²) in [5, 5.41) is 3.33. The van der Waals surface area contributed by atoms with Gasteiger partial charge in [0.2, 0.25) is 5.91 Å². The number of hydrogen-bond donors (Lipinski definition) is 1. The van der Waals surface area contributed by atoms with Crippen LogP contribution in [0.4, 0.5) is 0 Å². The lowest BCUT2D eigenvalue weighted by Crippen LogP contribution is -2.51. The average Bonchev–Trinajstić information content (AvgIpc) is 2.19. The Labute approximate surface area is 90.6 Å². The summed E-state index contributed by atoms with van der Waals surface area (Å²) in [5.41, 5.74) is 0.232. The fraction of sp³-hybridized carbons (Fsp3) is 0.900. The van der Waals surface area contributed by atoms with Gasteiger partial charge in [-0.2, -0.15) is 11.8 Å². The van der Waals surface area contributed by atoms with Crippen molar-refractivity contribution in [2.24, 2.45) is 0 Å². The molecule has 0 aliphatic carbocycles. The Kier molecular flexibility index (Phi) is 4.26. The van der Waals surface area contributed by atoms with Crippen molar-refractivity contribution in [1.82, 2.24) is 10.2 Å². The third-order valence-corrected chi connectivity index (χ3v) is 3.63. The number of thioether (sulfide) groups is 1. The van der Waals surface area contributed by atoms with E-state index in [-0.39, 0.29) is 11.4 Å². The van der Waals surface area contributed by atoms with Gasteiger partial charge >= 0.3 is 0 Å². The Hall–Kier alpha value is -0.220. The van der Waals surface area contributed by atoms with Crippen LogP contribution in [-0.4, -0.2) is 48.5 Å². The van der Waals surface area contributed by atoms with Crippen molar-refractivity contribution in [2.75, 3.05) is 32.1 Å². The van der Waals surface area contributed by atoms with E-state index >= 15 is 0 Å². The van der Waals surface area contributed by atoms with Crippen molar-refractivity contribution in [2.45, 2.75) is 25.3 Å². The molecule has 1 heterocycles. The van der Waals surface area contributed by atoms with Gasteiger partial charge < -0.3 is 10.2 Å². The molecule has 1 aliphatic rings. The number of rotatable bonds is 3. The Bertz CT molecular complexity index is 200. The number of likely N-dealkylation sites (tertiary alicyclic amines) is 1. The predicted octanol–water partition coefficient (Wildman–Crippen LogP) is 0.950. The number of hydrogen-bond acceptors (Lipinski definition) is 3. The molecule has 0 saturated carbocycles. The third kappa shape index (κ3) is 2.89. The Morgan fingerprint density at radius 1 is 1.50 bits per heavy atom. The minimum Gasteiger partial charge on any atom is -0.342 e. The van der Waals surface area contributed by atoms with Crippen molar-refractivity contribution in [1.29, 1.82) is 0 Å². The molecule has 4 heteroatoms. The van der Waals surface area contributed by atoms with E-state index in [0.717, 1.165) is 25.9 Å². The standard InChI is InChI=1S/C10H20N2OS/c1-10(11-2)4-6-12(7-5-10)9(13)8-14-3/h11H,4-8H2,1-3H3. The van der Waals surface area contributed by atoms with E-state index in [2.05, 4.69) is 12.2 Å². The van der Waals surface area contributed by atoms with Crippen molar-refractivity contribution in [3.8, 4) is 0 Å². The molecule has 0 unspecified atom stereocenters. The van der Waals surface area contributed by atoms with Crippen LogP contribution in [0.2, 0.25) is 0 Å². The van der Waals surface area contributed by atoms with Gasteiger partial charge in [0.15, 0.2) is 0 Å². The zero-order valence-electron chi connectivity index (χ0n) is 9.30. The molecule has 1 saturated heterocycles. The molecule has 0 atom stereocenters. The maximum absolute atomic E-state index is 11.6. The number of nitrogens with zero attached hydrogens (tertiary/aromatic N) is 1. The van der Waals surface area contributed by atoms with Crippen LogP contribution in [0.1, 0.15) is 19.8 Å². The van der Waals surface area contributed by atoms with Gasteiger partial charge in [0.1, 0.15) is 0 Å². The summed E-state index contributed by atoms with van der Waals surface area (Å²) in [6.45, 7) is 4.02. The maximum atomic E-state index is 11.6. The second-order valence-corrected chi connectivity index (χ2v) is 4.99. The molecule has 1 aliphatic heterocycles. The fourth-order valence-corrected chi connectivity index (χ4v) is 2.14. The van der Waals surface area contributed by atoms with E-state index in [1.807, 2.05) is 18.2 Å². The van der Waals surface area contributed by atoms with Crippen molar-refractivity contribution >= 4 is 17.7 Å². The summed E-state index contributed by atoms with van der Waals surface area (Å²) in [7, 11) is 2.00. The highest BCUT2D eigenvalue weighted by Gasteiger charge is 2.29. The van der Waals surface area contributed by atoms with E-state index in [1.165, 1.54) is 0 Å². The number of nitrogens with one attached hydrogen (secondary N) is 1. The quantitative estimate of drug-likeness (QED) is 0.762.